The van der Waals surface area contributed by atoms with Crippen LogP contribution in [0.3, 0.4) is 0 Å². The lowest BCUT2D eigenvalue weighted by Crippen LogP contribution is -2.49. The van der Waals surface area contributed by atoms with Gasteiger partial charge in [-0.15, -0.1) is 0 Å². The Morgan fingerprint density at radius 2 is 1.83 bits per heavy atom. The Kier molecular flexibility index (Phi) is 6.05. The number of methoxy groups -OCH3 is 1. The predicted octanol–water partition coefficient (Wildman–Crippen LogP) is 1.35. The SMILES string of the molecule is COc1ccc(NC(=O)CN(C)C(=O)CN2C(=O)NC3(CCCCC3)C2=O)cc1. The summed E-state index contributed by atoms with van der Waals surface area (Å²) >= 11 is 0. The Morgan fingerprint density at radius 3 is 2.45 bits per heavy atom. The fraction of sp³-hybridized carbons (Fsp3) is 0.500. The van der Waals surface area contributed by atoms with Gasteiger partial charge in [0, 0.05) is 12.7 Å². The van der Waals surface area contributed by atoms with Crippen molar-refractivity contribution in [3.63, 3.8) is 0 Å². The Labute approximate surface area is 169 Å². The number of carbonyl (C=O) groups is 4. The van der Waals surface area contributed by atoms with Crippen molar-refractivity contribution < 1.29 is 23.9 Å². The lowest BCUT2D eigenvalue weighted by Gasteiger charge is -2.30. The molecule has 1 heterocycles. The molecule has 1 saturated carbocycles. The molecule has 0 unspecified atom stereocenters. The smallest absolute Gasteiger partial charge is 0.325 e. The van der Waals surface area contributed by atoms with Gasteiger partial charge in [0.25, 0.3) is 5.91 Å². The first-order valence-electron chi connectivity index (χ1n) is 9.66. The van der Waals surface area contributed by atoms with Crippen molar-refractivity contribution in [1.82, 2.24) is 15.1 Å². The zero-order valence-electron chi connectivity index (χ0n) is 16.7. The van der Waals surface area contributed by atoms with E-state index in [1.54, 1.807) is 31.4 Å². The van der Waals surface area contributed by atoms with E-state index in [0.717, 1.165) is 24.2 Å². The number of hydrogen-bond acceptors (Lipinski definition) is 5. The van der Waals surface area contributed by atoms with E-state index in [2.05, 4.69) is 10.6 Å². The van der Waals surface area contributed by atoms with Gasteiger partial charge in [0.2, 0.25) is 11.8 Å². The molecule has 1 aliphatic carbocycles. The summed E-state index contributed by atoms with van der Waals surface area (Å²) in [6.07, 6.45) is 3.99. The zero-order valence-corrected chi connectivity index (χ0v) is 16.7. The number of carbonyl (C=O) groups excluding carboxylic acids is 4. The molecular weight excluding hydrogens is 376 g/mol. The van der Waals surface area contributed by atoms with E-state index >= 15 is 0 Å². The minimum Gasteiger partial charge on any atom is -0.497 e. The molecule has 0 radical (unpaired) electrons. The fourth-order valence-corrected chi connectivity index (χ4v) is 3.75. The molecule has 1 spiro atoms. The molecule has 5 amide bonds. The van der Waals surface area contributed by atoms with Gasteiger partial charge in [-0.1, -0.05) is 19.3 Å². The maximum absolute atomic E-state index is 12.7. The van der Waals surface area contributed by atoms with E-state index in [4.69, 9.17) is 4.74 Å². The van der Waals surface area contributed by atoms with E-state index in [-0.39, 0.29) is 24.9 Å². The molecule has 0 aromatic heterocycles. The van der Waals surface area contributed by atoms with Gasteiger partial charge >= 0.3 is 6.03 Å². The highest BCUT2D eigenvalue weighted by Gasteiger charge is 2.51. The molecule has 9 nitrogen and oxygen atoms in total. The van der Waals surface area contributed by atoms with Crippen molar-refractivity contribution in [2.45, 2.75) is 37.6 Å². The lowest BCUT2D eigenvalue weighted by molar-refractivity contribution is -0.139. The second kappa shape index (κ2) is 8.50. The summed E-state index contributed by atoms with van der Waals surface area (Å²) < 4.78 is 5.06. The summed E-state index contributed by atoms with van der Waals surface area (Å²) in [4.78, 5) is 51.9. The first-order chi connectivity index (χ1) is 13.8. The standard InChI is InChI=1S/C20H26N4O5/c1-23(12-16(25)21-14-6-8-15(29-2)9-7-14)17(26)13-24-18(27)20(22-19(24)28)10-4-3-5-11-20/h6-9H,3-5,10-13H2,1-2H3,(H,21,25)(H,22,28). The highest BCUT2D eigenvalue weighted by molar-refractivity contribution is 6.09. The molecule has 0 bridgehead atoms. The second-order valence-electron chi connectivity index (χ2n) is 7.49. The molecule has 156 valence electrons. The molecule has 9 heteroatoms. The largest absolute Gasteiger partial charge is 0.497 e. The Balaban J connectivity index is 1.53. The number of amides is 5. The molecule has 3 rings (SSSR count). The van der Waals surface area contributed by atoms with E-state index in [0.29, 0.717) is 24.3 Å². The van der Waals surface area contributed by atoms with Crippen molar-refractivity contribution in [2.24, 2.45) is 0 Å². The number of imide groups is 1. The van der Waals surface area contributed by atoms with Gasteiger partial charge in [0.15, 0.2) is 0 Å². The number of hydrogen-bond donors (Lipinski definition) is 2. The molecule has 1 aromatic rings. The first kappa shape index (κ1) is 20.6. The number of likely N-dealkylation sites (N-methyl/N-ethyl adjacent to an activating group) is 1. The van der Waals surface area contributed by atoms with Crippen molar-refractivity contribution in [3.8, 4) is 5.75 Å². The molecule has 29 heavy (non-hydrogen) atoms. The minimum absolute atomic E-state index is 0.195. The van der Waals surface area contributed by atoms with Crippen LogP contribution >= 0.6 is 0 Å². The van der Waals surface area contributed by atoms with Crippen LogP contribution < -0.4 is 15.4 Å². The topological polar surface area (TPSA) is 108 Å². The third-order valence-electron chi connectivity index (χ3n) is 5.43. The summed E-state index contributed by atoms with van der Waals surface area (Å²) in [7, 11) is 3.01. The normalized spacial score (nSPS) is 17.8. The number of ether oxygens (including phenoxy) is 1. The molecule has 2 fully saturated rings. The third kappa shape index (κ3) is 4.49. The highest BCUT2D eigenvalue weighted by Crippen LogP contribution is 2.33. The molecule has 2 aliphatic rings. The Hall–Kier alpha value is -3.10. The van der Waals surface area contributed by atoms with Crippen LogP contribution in [0.25, 0.3) is 0 Å². The number of benzene rings is 1. The van der Waals surface area contributed by atoms with Crippen LogP contribution in [0.2, 0.25) is 0 Å². The highest BCUT2D eigenvalue weighted by atomic mass is 16.5. The number of anilines is 1. The van der Waals surface area contributed by atoms with Gasteiger partial charge in [-0.05, 0) is 37.1 Å². The molecule has 1 aliphatic heterocycles. The van der Waals surface area contributed by atoms with Crippen LogP contribution in [0.4, 0.5) is 10.5 Å². The average Bonchev–Trinajstić information content (AvgIpc) is 2.92. The van der Waals surface area contributed by atoms with Crippen molar-refractivity contribution in [1.29, 1.82) is 0 Å². The number of rotatable bonds is 6. The molecule has 0 atom stereocenters. The summed E-state index contributed by atoms with van der Waals surface area (Å²) in [5, 5.41) is 5.46. The summed E-state index contributed by atoms with van der Waals surface area (Å²) in [5.74, 6) is -0.538. The molecular formula is C20H26N4O5. The summed E-state index contributed by atoms with van der Waals surface area (Å²) in [6, 6.07) is 6.26. The molecule has 1 aromatic carbocycles. The van der Waals surface area contributed by atoms with Crippen LogP contribution in [-0.4, -0.2) is 66.3 Å². The van der Waals surface area contributed by atoms with Crippen molar-refractivity contribution in [2.75, 3.05) is 32.6 Å². The Bertz CT molecular complexity index is 802. The van der Waals surface area contributed by atoms with Crippen LogP contribution in [0, 0.1) is 0 Å². The second-order valence-corrected chi connectivity index (χ2v) is 7.49. The minimum atomic E-state index is -0.861. The zero-order chi connectivity index (χ0) is 21.0. The van der Waals surface area contributed by atoms with Crippen molar-refractivity contribution in [3.05, 3.63) is 24.3 Å². The predicted molar refractivity (Wildman–Crippen MR) is 105 cm³/mol. The molecule has 1 saturated heterocycles. The van der Waals surface area contributed by atoms with E-state index in [1.807, 2.05) is 0 Å². The first-order valence-corrected chi connectivity index (χ1v) is 9.66. The van der Waals surface area contributed by atoms with E-state index in [9.17, 15) is 19.2 Å². The van der Waals surface area contributed by atoms with E-state index in [1.165, 1.54) is 11.9 Å². The van der Waals surface area contributed by atoms with Gasteiger partial charge in [0.05, 0.1) is 13.7 Å². The quantitative estimate of drug-likeness (QED) is 0.699. The summed E-state index contributed by atoms with van der Waals surface area (Å²) in [6.45, 7) is -0.571. The van der Waals surface area contributed by atoms with Crippen LogP contribution in [0.5, 0.6) is 5.75 Å². The van der Waals surface area contributed by atoms with Gasteiger partial charge in [-0.2, -0.15) is 0 Å². The Morgan fingerprint density at radius 1 is 1.17 bits per heavy atom. The average molecular weight is 402 g/mol. The van der Waals surface area contributed by atoms with Gasteiger partial charge in [0.1, 0.15) is 17.8 Å². The van der Waals surface area contributed by atoms with Crippen LogP contribution in [-0.2, 0) is 14.4 Å². The number of nitrogens with zero attached hydrogens (tertiary/aromatic N) is 2. The maximum Gasteiger partial charge on any atom is 0.325 e. The fourth-order valence-electron chi connectivity index (χ4n) is 3.75. The third-order valence-corrected chi connectivity index (χ3v) is 5.43. The number of nitrogens with one attached hydrogen (secondary N) is 2. The van der Waals surface area contributed by atoms with Gasteiger partial charge in [-0.3, -0.25) is 19.3 Å². The summed E-state index contributed by atoms with van der Waals surface area (Å²) in [5.41, 5.74) is -0.287. The van der Waals surface area contributed by atoms with Gasteiger partial charge < -0.3 is 20.3 Å². The monoisotopic (exact) mass is 402 g/mol. The lowest BCUT2D eigenvalue weighted by atomic mass is 9.82. The van der Waals surface area contributed by atoms with Crippen LogP contribution in [0.15, 0.2) is 24.3 Å². The van der Waals surface area contributed by atoms with E-state index < -0.39 is 17.5 Å². The van der Waals surface area contributed by atoms with Crippen molar-refractivity contribution >= 4 is 29.4 Å². The van der Waals surface area contributed by atoms with Gasteiger partial charge in [-0.25, -0.2) is 4.79 Å². The maximum atomic E-state index is 12.7. The number of urea groups is 1. The van der Waals surface area contributed by atoms with Crippen LogP contribution in [0.1, 0.15) is 32.1 Å². The molecule has 2 N–H and O–H groups in total.